The average molecular weight is 184 g/mol. The zero-order valence-electron chi connectivity index (χ0n) is 7.68. The second-order valence-corrected chi connectivity index (χ2v) is 4.20. The largest absolute Gasteiger partial charge is 0.465 e. The van der Waals surface area contributed by atoms with Gasteiger partial charge >= 0.3 is 6.09 Å². The Morgan fingerprint density at radius 1 is 1.46 bits per heavy atom. The van der Waals surface area contributed by atoms with Gasteiger partial charge in [-0.1, -0.05) is 12.8 Å². The molecule has 13 heavy (non-hydrogen) atoms. The minimum Gasteiger partial charge on any atom is -0.465 e. The lowest BCUT2D eigenvalue weighted by molar-refractivity contribution is 0.175. The molecule has 0 radical (unpaired) electrons. The molecule has 1 amide bonds. The van der Waals surface area contributed by atoms with Gasteiger partial charge in [0.2, 0.25) is 0 Å². The number of amides is 1. The highest BCUT2D eigenvalue weighted by molar-refractivity contribution is 5.65. The molecule has 1 spiro atoms. The van der Waals surface area contributed by atoms with Gasteiger partial charge < -0.3 is 15.7 Å². The molecule has 1 heterocycles. The first-order valence-electron chi connectivity index (χ1n) is 4.93. The number of carboxylic acid groups (broad SMARTS) is 1. The van der Waals surface area contributed by atoms with Crippen LogP contribution in [0, 0.1) is 5.41 Å². The van der Waals surface area contributed by atoms with Crippen LogP contribution in [-0.4, -0.2) is 30.3 Å². The Hall–Kier alpha value is -0.770. The molecule has 1 saturated carbocycles. The van der Waals surface area contributed by atoms with Crippen LogP contribution < -0.4 is 10.6 Å². The highest BCUT2D eigenvalue weighted by Crippen LogP contribution is 2.42. The van der Waals surface area contributed by atoms with Crippen LogP contribution in [0.5, 0.6) is 0 Å². The molecule has 2 fully saturated rings. The van der Waals surface area contributed by atoms with E-state index in [0.717, 1.165) is 13.1 Å². The van der Waals surface area contributed by atoms with E-state index >= 15 is 0 Å². The number of rotatable bonds is 1. The Morgan fingerprint density at radius 3 is 2.77 bits per heavy atom. The highest BCUT2D eigenvalue weighted by Gasteiger charge is 2.45. The molecule has 0 aromatic carbocycles. The second kappa shape index (κ2) is 3.18. The Labute approximate surface area is 77.7 Å². The molecule has 4 heteroatoms. The van der Waals surface area contributed by atoms with Gasteiger partial charge in [0.25, 0.3) is 0 Å². The standard InChI is InChI=1S/C9H16N2O2/c12-8(13)11-7-5-10-6-9(7)3-1-2-4-9/h7,10-11H,1-6H2,(H,12,13). The minimum absolute atomic E-state index is 0.132. The van der Waals surface area contributed by atoms with Crippen LogP contribution in [0.25, 0.3) is 0 Å². The van der Waals surface area contributed by atoms with Gasteiger partial charge in [-0.3, -0.25) is 0 Å². The van der Waals surface area contributed by atoms with E-state index in [-0.39, 0.29) is 11.5 Å². The first-order chi connectivity index (χ1) is 6.23. The van der Waals surface area contributed by atoms with Crippen molar-refractivity contribution in [3.05, 3.63) is 0 Å². The van der Waals surface area contributed by atoms with E-state index in [0.29, 0.717) is 0 Å². The van der Waals surface area contributed by atoms with E-state index in [1.807, 2.05) is 0 Å². The fourth-order valence-corrected chi connectivity index (χ4v) is 2.76. The Balaban J connectivity index is 2.04. The van der Waals surface area contributed by atoms with E-state index in [1.54, 1.807) is 0 Å². The summed E-state index contributed by atoms with van der Waals surface area (Å²) in [7, 11) is 0. The minimum atomic E-state index is -0.889. The molecule has 2 rings (SSSR count). The lowest BCUT2D eigenvalue weighted by atomic mass is 9.81. The zero-order valence-corrected chi connectivity index (χ0v) is 7.68. The molecule has 0 aromatic heterocycles. The van der Waals surface area contributed by atoms with E-state index in [1.165, 1.54) is 25.7 Å². The lowest BCUT2D eigenvalue weighted by Gasteiger charge is -2.29. The summed E-state index contributed by atoms with van der Waals surface area (Å²) in [5, 5.41) is 14.6. The van der Waals surface area contributed by atoms with E-state index < -0.39 is 6.09 Å². The summed E-state index contributed by atoms with van der Waals surface area (Å²) < 4.78 is 0. The summed E-state index contributed by atoms with van der Waals surface area (Å²) in [6.45, 7) is 1.78. The molecular weight excluding hydrogens is 168 g/mol. The maximum absolute atomic E-state index is 10.6. The molecule has 74 valence electrons. The fraction of sp³-hybridized carbons (Fsp3) is 0.889. The monoisotopic (exact) mass is 184 g/mol. The fourth-order valence-electron chi connectivity index (χ4n) is 2.76. The third-order valence-corrected chi connectivity index (χ3v) is 3.46. The zero-order chi connectivity index (χ0) is 9.31. The van der Waals surface area contributed by atoms with Crippen LogP contribution in [0.15, 0.2) is 0 Å². The molecule has 0 bridgehead atoms. The Bertz CT molecular complexity index is 206. The summed E-state index contributed by atoms with van der Waals surface area (Å²) in [6.07, 6.45) is 3.95. The number of hydrogen-bond acceptors (Lipinski definition) is 2. The third-order valence-electron chi connectivity index (χ3n) is 3.46. The van der Waals surface area contributed by atoms with E-state index in [2.05, 4.69) is 10.6 Å². The Morgan fingerprint density at radius 2 is 2.15 bits per heavy atom. The van der Waals surface area contributed by atoms with Gasteiger partial charge in [0.15, 0.2) is 0 Å². The SMILES string of the molecule is O=C(O)NC1CNCC12CCCC2. The molecule has 1 aliphatic heterocycles. The predicted molar refractivity (Wildman–Crippen MR) is 48.7 cm³/mol. The van der Waals surface area contributed by atoms with Crippen molar-refractivity contribution in [2.75, 3.05) is 13.1 Å². The van der Waals surface area contributed by atoms with Crippen LogP contribution in [0.4, 0.5) is 4.79 Å². The number of nitrogens with one attached hydrogen (secondary N) is 2. The molecule has 1 aliphatic carbocycles. The smallest absolute Gasteiger partial charge is 0.404 e. The normalized spacial score (nSPS) is 30.9. The van der Waals surface area contributed by atoms with Crippen molar-refractivity contribution in [2.24, 2.45) is 5.41 Å². The maximum Gasteiger partial charge on any atom is 0.404 e. The van der Waals surface area contributed by atoms with Crippen molar-refractivity contribution in [1.29, 1.82) is 0 Å². The molecule has 4 nitrogen and oxygen atoms in total. The van der Waals surface area contributed by atoms with Crippen LogP contribution in [-0.2, 0) is 0 Å². The van der Waals surface area contributed by atoms with Gasteiger partial charge in [-0.15, -0.1) is 0 Å². The lowest BCUT2D eigenvalue weighted by Crippen LogP contribution is -2.45. The van der Waals surface area contributed by atoms with Gasteiger partial charge in [0.1, 0.15) is 0 Å². The van der Waals surface area contributed by atoms with Crippen LogP contribution in [0.3, 0.4) is 0 Å². The van der Waals surface area contributed by atoms with Gasteiger partial charge in [-0.25, -0.2) is 4.79 Å². The topological polar surface area (TPSA) is 61.4 Å². The molecular formula is C9H16N2O2. The Kier molecular flexibility index (Phi) is 2.15. The van der Waals surface area contributed by atoms with Crippen molar-refractivity contribution in [1.82, 2.24) is 10.6 Å². The van der Waals surface area contributed by atoms with Gasteiger partial charge in [-0.05, 0) is 12.8 Å². The highest BCUT2D eigenvalue weighted by atomic mass is 16.4. The van der Waals surface area contributed by atoms with Gasteiger partial charge in [-0.2, -0.15) is 0 Å². The third kappa shape index (κ3) is 1.50. The molecule has 1 unspecified atom stereocenters. The van der Waals surface area contributed by atoms with Gasteiger partial charge in [0, 0.05) is 18.5 Å². The molecule has 2 aliphatic rings. The quantitative estimate of drug-likeness (QED) is 0.564. The van der Waals surface area contributed by atoms with Crippen molar-refractivity contribution >= 4 is 6.09 Å². The van der Waals surface area contributed by atoms with Crippen molar-refractivity contribution in [3.8, 4) is 0 Å². The molecule has 1 atom stereocenters. The van der Waals surface area contributed by atoms with Crippen molar-refractivity contribution in [3.63, 3.8) is 0 Å². The van der Waals surface area contributed by atoms with Crippen LogP contribution in [0.1, 0.15) is 25.7 Å². The first-order valence-corrected chi connectivity index (χ1v) is 4.93. The van der Waals surface area contributed by atoms with E-state index in [4.69, 9.17) is 5.11 Å². The number of carbonyl (C=O) groups is 1. The van der Waals surface area contributed by atoms with Crippen LogP contribution in [0.2, 0.25) is 0 Å². The van der Waals surface area contributed by atoms with Crippen LogP contribution >= 0.6 is 0 Å². The van der Waals surface area contributed by atoms with E-state index in [9.17, 15) is 4.79 Å². The predicted octanol–water partition coefficient (Wildman–Crippen LogP) is 0.786. The molecule has 0 aromatic rings. The second-order valence-electron chi connectivity index (χ2n) is 4.20. The average Bonchev–Trinajstić information content (AvgIpc) is 2.64. The molecule has 3 N–H and O–H groups in total. The van der Waals surface area contributed by atoms with Crippen molar-refractivity contribution in [2.45, 2.75) is 31.7 Å². The maximum atomic E-state index is 10.6. The summed E-state index contributed by atoms with van der Waals surface area (Å²) in [5.74, 6) is 0. The summed E-state index contributed by atoms with van der Waals surface area (Å²) in [5.41, 5.74) is 0.235. The van der Waals surface area contributed by atoms with Crippen molar-refractivity contribution < 1.29 is 9.90 Å². The summed E-state index contributed by atoms with van der Waals surface area (Å²) >= 11 is 0. The first kappa shape index (κ1) is 8.81. The van der Waals surface area contributed by atoms with Gasteiger partial charge in [0.05, 0.1) is 6.04 Å². The summed E-state index contributed by atoms with van der Waals surface area (Å²) in [6, 6.07) is 0.132. The molecule has 1 saturated heterocycles. The number of hydrogen-bond donors (Lipinski definition) is 3. The summed E-state index contributed by atoms with van der Waals surface area (Å²) in [4.78, 5) is 10.6.